The first-order valence-electron chi connectivity index (χ1n) is 9.31. The summed E-state index contributed by atoms with van der Waals surface area (Å²) in [7, 11) is -1.58. The Bertz CT molecular complexity index is 948. The predicted molar refractivity (Wildman–Crippen MR) is 105 cm³/mol. The van der Waals surface area contributed by atoms with E-state index < -0.39 is 32.8 Å². The largest absolute Gasteiger partial charge is 0.465 e. The van der Waals surface area contributed by atoms with Gasteiger partial charge in [-0.3, -0.25) is 9.52 Å². The summed E-state index contributed by atoms with van der Waals surface area (Å²) >= 11 is 0. The molecule has 9 heteroatoms. The minimum Gasteiger partial charge on any atom is -0.465 e. The van der Waals surface area contributed by atoms with Gasteiger partial charge < -0.3 is 9.47 Å². The van der Waals surface area contributed by atoms with Crippen molar-refractivity contribution < 1.29 is 32.3 Å². The van der Waals surface area contributed by atoms with E-state index in [4.69, 9.17) is 0 Å². The molecule has 1 N–H and O–H groups in total. The van der Waals surface area contributed by atoms with Crippen molar-refractivity contribution in [3.8, 4) is 0 Å². The fourth-order valence-electron chi connectivity index (χ4n) is 4.81. The summed E-state index contributed by atoms with van der Waals surface area (Å²) < 4.78 is 37.7. The molecule has 2 bridgehead atoms. The van der Waals surface area contributed by atoms with E-state index >= 15 is 0 Å². The highest BCUT2D eigenvalue weighted by Crippen LogP contribution is 2.64. The highest BCUT2D eigenvalue weighted by atomic mass is 32.2. The van der Waals surface area contributed by atoms with Gasteiger partial charge in [0.25, 0.3) is 0 Å². The van der Waals surface area contributed by atoms with Crippen LogP contribution in [0.2, 0.25) is 0 Å². The molecule has 0 heterocycles. The number of nitrogens with one attached hydrogen (secondary N) is 1. The number of ether oxygens (including phenoxy) is 2. The van der Waals surface area contributed by atoms with Crippen LogP contribution in [0.4, 0.5) is 5.69 Å². The molecular formula is C20H25NO7S. The van der Waals surface area contributed by atoms with Crippen molar-refractivity contribution >= 4 is 33.4 Å². The zero-order valence-corrected chi connectivity index (χ0v) is 17.7. The molecule has 2 saturated carbocycles. The van der Waals surface area contributed by atoms with Crippen LogP contribution in [-0.4, -0.2) is 46.1 Å². The molecule has 158 valence electrons. The van der Waals surface area contributed by atoms with E-state index in [1.54, 1.807) is 0 Å². The van der Waals surface area contributed by atoms with Crippen LogP contribution < -0.4 is 4.72 Å². The Morgan fingerprint density at radius 3 is 2.07 bits per heavy atom. The van der Waals surface area contributed by atoms with E-state index in [2.05, 4.69) is 14.2 Å². The lowest BCUT2D eigenvalue weighted by atomic mass is 9.70. The third kappa shape index (κ3) is 3.52. The summed E-state index contributed by atoms with van der Waals surface area (Å²) in [5.74, 6) is -1.60. The second-order valence-corrected chi connectivity index (χ2v) is 10.0. The summed E-state index contributed by atoms with van der Waals surface area (Å²) in [5.41, 5.74) is -1.28. The van der Waals surface area contributed by atoms with Crippen LogP contribution in [-0.2, 0) is 24.3 Å². The van der Waals surface area contributed by atoms with Crippen molar-refractivity contribution in [2.24, 2.45) is 16.7 Å². The normalized spacial score (nSPS) is 25.0. The monoisotopic (exact) mass is 423 g/mol. The molecule has 8 nitrogen and oxygen atoms in total. The van der Waals surface area contributed by atoms with Crippen molar-refractivity contribution in [2.75, 3.05) is 24.7 Å². The Labute approximate surface area is 170 Å². The Morgan fingerprint density at radius 2 is 1.66 bits per heavy atom. The zero-order chi connectivity index (χ0) is 21.6. The summed E-state index contributed by atoms with van der Waals surface area (Å²) in [6.45, 7) is 3.91. The number of benzene rings is 1. The van der Waals surface area contributed by atoms with E-state index in [1.165, 1.54) is 32.4 Å². The molecule has 29 heavy (non-hydrogen) atoms. The lowest BCUT2D eigenvalue weighted by Gasteiger charge is -2.36. The van der Waals surface area contributed by atoms with Crippen LogP contribution in [0.5, 0.6) is 0 Å². The minimum absolute atomic E-state index is 0.00414. The third-order valence-corrected chi connectivity index (χ3v) is 8.04. The Balaban J connectivity index is 1.93. The molecular weight excluding hydrogens is 398 g/mol. The molecule has 3 rings (SSSR count). The number of ketones is 1. The van der Waals surface area contributed by atoms with E-state index in [9.17, 15) is 22.8 Å². The zero-order valence-electron chi connectivity index (χ0n) is 16.9. The second kappa shape index (κ2) is 7.12. The number of methoxy groups -OCH3 is 2. The minimum atomic E-state index is -3.94. The van der Waals surface area contributed by atoms with Crippen LogP contribution in [0.15, 0.2) is 18.2 Å². The van der Waals surface area contributed by atoms with E-state index in [0.717, 1.165) is 6.42 Å². The van der Waals surface area contributed by atoms with Gasteiger partial charge in [0.05, 0.1) is 42.2 Å². The molecule has 1 aromatic carbocycles. The molecule has 2 atom stereocenters. The van der Waals surface area contributed by atoms with Crippen molar-refractivity contribution in [1.82, 2.24) is 0 Å². The van der Waals surface area contributed by atoms with Crippen molar-refractivity contribution in [3.63, 3.8) is 0 Å². The molecule has 0 radical (unpaired) electrons. The number of esters is 2. The SMILES string of the molecule is COC(=O)c1cc(NS(=O)(=O)C[C@]23CC[C@H](CC2=O)C3(C)C)cc(C(=O)OC)c1. The topological polar surface area (TPSA) is 116 Å². The summed E-state index contributed by atoms with van der Waals surface area (Å²) in [6, 6.07) is 3.83. The molecule has 2 fully saturated rings. The van der Waals surface area contributed by atoms with Crippen molar-refractivity contribution in [3.05, 3.63) is 29.3 Å². The van der Waals surface area contributed by atoms with E-state index in [-0.39, 0.29) is 34.3 Å². The standard InChI is InChI=1S/C20H25NO7S/c1-19(2)14-5-6-20(19,16(22)10-14)11-29(25,26)21-15-8-12(17(23)27-3)7-13(9-15)18(24)28-4/h7-9,14,21H,5-6,10-11H2,1-4H3/t14-,20-/m1/s1. The first-order valence-corrected chi connectivity index (χ1v) is 11.0. The number of anilines is 1. The molecule has 0 aliphatic heterocycles. The molecule has 2 aliphatic rings. The fourth-order valence-corrected chi connectivity index (χ4v) is 6.68. The molecule has 0 aromatic heterocycles. The number of Topliss-reactive ketones (excluding diaryl/α,β-unsaturated/α-hetero) is 1. The van der Waals surface area contributed by atoms with Gasteiger partial charge in [-0.2, -0.15) is 0 Å². The van der Waals surface area contributed by atoms with Gasteiger partial charge in [-0.15, -0.1) is 0 Å². The van der Waals surface area contributed by atoms with E-state index in [0.29, 0.717) is 12.8 Å². The molecule has 1 aromatic rings. The highest BCUT2D eigenvalue weighted by molar-refractivity contribution is 7.92. The van der Waals surface area contributed by atoms with Gasteiger partial charge in [0, 0.05) is 6.42 Å². The lowest BCUT2D eigenvalue weighted by Crippen LogP contribution is -2.43. The number of rotatable bonds is 6. The summed E-state index contributed by atoms with van der Waals surface area (Å²) in [5, 5.41) is 0. The van der Waals surface area contributed by atoms with Crippen LogP contribution in [0.3, 0.4) is 0 Å². The molecule has 0 saturated heterocycles. The first-order chi connectivity index (χ1) is 13.5. The maximum atomic E-state index is 13.0. The fraction of sp³-hybridized carbons (Fsp3) is 0.550. The van der Waals surface area contributed by atoms with Gasteiger partial charge in [-0.05, 0) is 42.4 Å². The number of sulfonamides is 1. The average Bonchev–Trinajstić information content (AvgIpc) is 2.99. The highest BCUT2D eigenvalue weighted by Gasteiger charge is 2.65. The molecule has 0 unspecified atom stereocenters. The van der Waals surface area contributed by atoms with Crippen molar-refractivity contribution in [2.45, 2.75) is 33.1 Å². The first kappa shape index (κ1) is 21.3. The second-order valence-electron chi connectivity index (χ2n) is 8.31. The molecule has 0 spiro atoms. The van der Waals surface area contributed by atoms with Gasteiger partial charge in [0.2, 0.25) is 10.0 Å². The summed E-state index contributed by atoms with van der Waals surface area (Å²) in [6.07, 6.45) is 1.78. The van der Waals surface area contributed by atoms with Crippen molar-refractivity contribution in [1.29, 1.82) is 0 Å². The summed E-state index contributed by atoms with van der Waals surface area (Å²) in [4.78, 5) is 36.5. The Hall–Kier alpha value is -2.42. The maximum absolute atomic E-state index is 13.0. The number of carbonyl (C=O) groups is 3. The Morgan fingerprint density at radius 1 is 1.10 bits per heavy atom. The predicted octanol–water partition coefficient (Wildman–Crippen LogP) is 2.40. The molecule has 2 aliphatic carbocycles. The quantitative estimate of drug-likeness (QED) is 0.699. The van der Waals surface area contributed by atoms with Gasteiger partial charge >= 0.3 is 11.9 Å². The van der Waals surface area contributed by atoms with Crippen LogP contribution in [0, 0.1) is 16.7 Å². The third-order valence-electron chi connectivity index (χ3n) is 6.62. The molecule has 0 amide bonds. The van der Waals surface area contributed by atoms with Crippen LogP contribution in [0.25, 0.3) is 0 Å². The van der Waals surface area contributed by atoms with Gasteiger partial charge in [0.1, 0.15) is 5.78 Å². The number of hydrogen-bond donors (Lipinski definition) is 1. The lowest BCUT2D eigenvalue weighted by molar-refractivity contribution is -0.128. The van der Waals surface area contributed by atoms with Crippen LogP contribution >= 0.6 is 0 Å². The van der Waals surface area contributed by atoms with Gasteiger partial charge in [-0.25, -0.2) is 18.0 Å². The smallest absolute Gasteiger partial charge is 0.337 e. The number of fused-ring (bicyclic) bond motifs is 2. The van der Waals surface area contributed by atoms with Gasteiger partial charge in [-0.1, -0.05) is 13.8 Å². The number of carbonyl (C=O) groups excluding carboxylic acids is 3. The van der Waals surface area contributed by atoms with E-state index in [1.807, 2.05) is 13.8 Å². The average molecular weight is 423 g/mol. The van der Waals surface area contributed by atoms with Gasteiger partial charge in [0.15, 0.2) is 0 Å². The van der Waals surface area contributed by atoms with Crippen LogP contribution in [0.1, 0.15) is 53.8 Å². The Kier molecular flexibility index (Phi) is 5.23. The maximum Gasteiger partial charge on any atom is 0.337 e. The number of hydrogen-bond acceptors (Lipinski definition) is 7.